The number of sulfonamides is 1. The van der Waals surface area contributed by atoms with E-state index >= 15 is 0 Å². The summed E-state index contributed by atoms with van der Waals surface area (Å²) >= 11 is 0. The number of benzene rings is 2. The molecule has 2 rings (SSSR count). The second-order valence-corrected chi connectivity index (χ2v) is 9.66. The molecule has 0 saturated carbocycles. The highest BCUT2D eigenvalue weighted by molar-refractivity contribution is 7.92. The van der Waals surface area contributed by atoms with Gasteiger partial charge in [0.2, 0.25) is 21.8 Å². The topological polar surface area (TPSA) is 86.8 Å². The van der Waals surface area contributed by atoms with Gasteiger partial charge in [-0.25, -0.2) is 12.8 Å². The van der Waals surface area contributed by atoms with Crippen LogP contribution in [-0.2, 0) is 32.6 Å². The smallest absolute Gasteiger partial charge is 0.244 e. The van der Waals surface area contributed by atoms with Crippen LogP contribution in [0.2, 0.25) is 0 Å². The van der Waals surface area contributed by atoms with Crippen molar-refractivity contribution in [3.05, 3.63) is 65.5 Å². The number of carbonyl (C=O) groups excluding carboxylic acids is 2. The average molecular weight is 478 g/mol. The summed E-state index contributed by atoms with van der Waals surface area (Å²) in [6.45, 7) is 5.53. The second kappa shape index (κ2) is 11.8. The molecule has 0 saturated heterocycles. The maximum absolute atomic E-state index is 13.4. The number of hydrogen-bond acceptors (Lipinski definition) is 4. The number of nitrogens with one attached hydrogen (secondary N) is 1. The zero-order chi connectivity index (χ0) is 24.6. The van der Waals surface area contributed by atoms with Gasteiger partial charge in [0.25, 0.3) is 0 Å². The molecule has 0 unspecified atom stereocenters. The molecule has 0 aliphatic heterocycles. The van der Waals surface area contributed by atoms with Crippen molar-refractivity contribution in [1.29, 1.82) is 0 Å². The summed E-state index contributed by atoms with van der Waals surface area (Å²) in [5.74, 6) is -1.26. The van der Waals surface area contributed by atoms with Crippen molar-refractivity contribution in [3.63, 3.8) is 0 Å². The Balaban J connectivity index is 2.40. The van der Waals surface area contributed by atoms with Gasteiger partial charge in [-0.1, -0.05) is 38.1 Å². The number of rotatable bonds is 11. The number of aryl methyl sites for hydroxylation is 1. The Bertz CT molecular complexity index is 1040. The molecule has 0 aromatic heterocycles. The fourth-order valence-electron chi connectivity index (χ4n) is 3.51. The van der Waals surface area contributed by atoms with Gasteiger partial charge in [0.1, 0.15) is 18.4 Å². The Kier molecular flexibility index (Phi) is 9.40. The molecule has 1 atom stereocenters. The molecule has 7 nitrogen and oxygen atoms in total. The number of hydrogen-bond donors (Lipinski definition) is 1. The molecule has 0 aliphatic rings. The lowest BCUT2D eigenvalue weighted by Gasteiger charge is -2.32. The molecular formula is C24H32FN3O4S. The van der Waals surface area contributed by atoms with Crippen LogP contribution in [0.1, 0.15) is 38.3 Å². The summed E-state index contributed by atoms with van der Waals surface area (Å²) in [5.41, 5.74) is 2.04. The van der Waals surface area contributed by atoms with E-state index in [4.69, 9.17) is 0 Å². The van der Waals surface area contributed by atoms with E-state index in [1.54, 1.807) is 26.0 Å². The summed E-state index contributed by atoms with van der Waals surface area (Å²) in [5, 5.41) is 2.73. The average Bonchev–Trinajstić information content (AvgIpc) is 2.78. The maximum Gasteiger partial charge on any atom is 0.244 e. The van der Waals surface area contributed by atoms with E-state index in [0.717, 1.165) is 22.5 Å². The molecule has 0 aliphatic carbocycles. The van der Waals surface area contributed by atoms with Gasteiger partial charge in [-0.3, -0.25) is 13.9 Å². The standard InChI is InChI=1S/C24H32FN3O4S/c1-5-18-10-14-21(15-11-18)28(33(4,31)32)17-23(29)27(22(6-2)24(30)26-7-3)16-19-8-12-20(25)13-9-19/h8-15,22H,5-7,16-17H2,1-4H3,(H,26,30)/t22-/m0/s1. The van der Waals surface area contributed by atoms with Crippen molar-refractivity contribution >= 4 is 27.5 Å². The lowest BCUT2D eigenvalue weighted by atomic mass is 10.1. The number of halogens is 1. The Labute approximate surface area is 195 Å². The summed E-state index contributed by atoms with van der Waals surface area (Å²) in [7, 11) is -3.77. The zero-order valence-electron chi connectivity index (χ0n) is 19.5. The van der Waals surface area contributed by atoms with Crippen LogP contribution in [0.5, 0.6) is 0 Å². The van der Waals surface area contributed by atoms with Crippen LogP contribution in [0.4, 0.5) is 10.1 Å². The van der Waals surface area contributed by atoms with E-state index in [1.165, 1.54) is 29.2 Å². The third-order valence-electron chi connectivity index (χ3n) is 5.31. The van der Waals surface area contributed by atoms with Gasteiger partial charge in [-0.05, 0) is 55.2 Å². The first-order valence-electron chi connectivity index (χ1n) is 11.0. The van der Waals surface area contributed by atoms with Gasteiger partial charge in [-0.2, -0.15) is 0 Å². The number of nitrogens with zero attached hydrogens (tertiary/aromatic N) is 2. The molecule has 9 heteroatoms. The first-order chi connectivity index (χ1) is 15.6. The lowest BCUT2D eigenvalue weighted by Crippen LogP contribution is -2.52. The minimum absolute atomic E-state index is 0.0428. The van der Waals surface area contributed by atoms with E-state index in [1.807, 2.05) is 19.1 Å². The van der Waals surface area contributed by atoms with Crippen LogP contribution >= 0.6 is 0 Å². The summed E-state index contributed by atoms with van der Waals surface area (Å²) < 4.78 is 39.5. The van der Waals surface area contributed by atoms with E-state index in [2.05, 4.69) is 5.32 Å². The predicted octanol–water partition coefficient (Wildman–Crippen LogP) is 3.10. The van der Waals surface area contributed by atoms with Crippen LogP contribution < -0.4 is 9.62 Å². The van der Waals surface area contributed by atoms with Crippen LogP contribution in [0.3, 0.4) is 0 Å². The summed E-state index contributed by atoms with van der Waals surface area (Å²) in [6, 6.07) is 11.8. The quantitative estimate of drug-likeness (QED) is 0.539. The SMILES string of the molecule is CCNC(=O)[C@H](CC)N(Cc1ccc(F)cc1)C(=O)CN(c1ccc(CC)cc1)S(C)(=O)=O. The molecule has 2 aromatic carbocycles. The van der Waals surface area contributed by atoms with Gasteiger partial charge in [0, 0.05) is 13.1 Å². The van der Waals surface area contributed by atoms with Crippen molar-refractivity contribution in [2.75, 3.05) is 23.7 Å². The minimum Gasteiger partial charge on any atom is -0.355 e. The molecule has 0 fully saturated rings. The second-order valence-electron chi connectivity index (χ2n) is 7.76. The lowest BCUT2D eigenvalue weighted by molar-refractivity contribution is -0.140. The Morgan fingerprint density at radius 3 is 2.03 bits per heavy atom. The molecule has 180 valence electrons. The van der Waals surface area contributed by atoms with Crippen LogP contribution in [0.25, 0.3) is 0 Å². The van der Waals surface area contributed by atoms with Crippen molar-refractivity contribution in [2.24, 2.45) is 0 Å². The molecule has 0 bridgehead atoms. The number of anilines is 1. The third kappa shape index (κ3) is 7.28. The molecule has 2 aromatic rings. The Morgan fingerprint density at radius 1 is 0.970 bits per heavy atom. The molecule has 33 heavy (non-hydrogen) atoms. The third-order valence-corrected chi connectivity index (χ3v) is 6.46. The molecule has 0 heterocycles. The summed E-state index contributed by atoms with van der Waals surface area (Å²) in [4.78, 5) is 27.5. The number of likely N-dealkylation sites (N-methyl/N-ethyl adjacent to an activating group) is 1. The zero-order valence-corrected chi connectivity index (χ0v) is 20.4. The highest BCUT2D eigenvalue weighted by Crippen LogP contribution is 2.20. The fourth-order valence-corrected chi connectivity index (χ4v) is 4.36. The molecule has 1 N–H and O–H groups in total. The molecule has 0 radical (unpaired) electrons. The van der Waals surface area contributed by atoms with Gasteiger partial charge in [0.15, 0.2) is 0 Å². The van der Waals surface area contributed by atoms with Crippen molar-refractivity contribution in [3.8, 4) is 0 Å². The van der Waals surface area contributed by atoms with Crippen LogP contribution in [0.15, 0.2) is 48.5 Å². The van der Waals surface area contributed by atoms with E-state index in [0.29, 0.717) is 24.2 Å². The largest absolute Gasteiger partial charge is 0.355 e. The van der Waals surface area contributed by atoms with E-state index < -0.39 is 34.3 Å². The van der Waals surface area contributed by atoms with Gasteiger partial charge in [0.05, 0.1) is 11.9 Å². The maximum atomic E-state index is 13.4. The minimum atomic E-state index is -3.77. The highest BCUT2D eigenvalue weighted by atomic mass is 32.2. The van der Waals surface area contributed by atoms with Crippen LogP contribution in [0, 0.1) is 5.82 Å². The van der Waals surface area contributed by atoms with Crippen molar-refractivity contribution < 1.29 is 22.4 Å². The fraction of sp³-hybridized carbons (Fsp3) is 0.417. The van der Waals surface area contributed by atoms with Gasteiger partial charge < -0.3 is 10.2 Å². The van der Waals surface area contributed by atoms with E-state index in [-0.39, 0.29) is 12.5 Å². The number of carbonyl (C=O) groups is 2. The monoisotopic (exact) mass is 477 g/mol. The first-order valence-corrected chi connectivity index (χ1v) is 12.8. The molecule has 0 spiro atoms. The van der Waals surface area contributed by atoms with Gasteiger partial charge >= 0.3 is 0 Å². The highest BCUT2D eigenvalue weighted by Gasteiger charge is 2.31. The van der Waals surface area contributed by atoms with Crippen LogP contribution in [-0.4, -0.2) is 50.5 Å². The molecular weight excluding hydrogens is 445 g/mol. The number of amides is 2. The van der Waals surface area contributed by atoms with Crippen molar-refractivity contribution in [2.45, 2.75) is 46.2 Å². The Morgan fingerprint density at radius 2 is 1.55 bits per heavy atom. The van der Waals surface area contributed by atoms with Crippen molar-refractivity contribution in [1.82, 2.24) is 10.2 Å². The first kappa shape index (κ1) is 26.3. The predicted molar refractivity (Wildman–Crippen MR) is 128 cm³/mol. The molecule has 2 amide bonds. The summed E-state index contributed by atoms with van der Waals surface area (Å²) in [6.07, 6.45) is 2.18. The normalized spacial score (nSPS) is 12.2. The van der Waals surface area contributed by atoms with Gasteiger partial charge in [-0.15, -0.1) is 0 Å². The Hall–Kier alpha value is -2.94. The van der Waals surface area contributed by atoms with E-state index in [9.17, 15) is 22.4 Å².